The first-order valence-electron chi connectivity index (χ1n) is 7.53. The molecule has 2 aromatic carbocycles. The molecule has 0 bridgehead atoms. The van der Waals surface area contributed by atoms with Crippen LogP contribution in [-0.4, -0.2) is 13.6 Å². The smallest absolute Gasteiger partial charge is 0.0474 e. The van der Waals surface area contributed by atoms with Crippen molar-refractivity contribution in [1.29, 1.82) is 0 Å². The highest BCUT2D eigenvalue weighted by atomic mass is 35.5. The molecule has 0 radical (unpaired) electrons. The number of hydrogen-bond acceptors (Lipinski definition) is 2. The second kappa shape index (κ2) is 6.08. The van der Waals surface area contributed by atoms with E-state index in [0.717, 1.165) is 23.6 Å². The molecule has 0 spiro atoms. The van der Waals surface area contributed by atoms with Crippen LogP contribution in [0.25, 0.3) is 0 Å². The third kappa shape index (κ3) is 2.78. The molecule has 1 N–H and O–H groups in total. The Labute approximate surface area is 131 Å². The van der Waals surface area contributed by atoms with Gasteiger partial charge in [-0.05, 0) is 56.1 Å². The summed E-state index contributed by atoms with van der Waals surface area (Å²) in [5, 5.41) is 4.07. The molecule has 1 unspecified atom stereocenters. The van der Waals surface area contributed by atoms with Crippen LogP contribution in [0.15, 0.2) is 42.5 Å². The van der Waals surface area contributed by atoms with Gasteiger partial charge >= 0.3 is 0 Å². The van der Waals surface area contributed by atoms with Crippen molar-refractivity contribution in [2.75, 3.05) is 18.5 Å². The third-order valence-electron chi connectivity index (χ3n) is 4.31. The lowest BCUT2D eigenvalue weighted by molar-refractivity contribution is 0.652. The molecule has 21 heavy (non-hydrogen) atoms. The van der Waals surface area contributed by atoms with Gasteiger partial charge in [0, 0.05) is 29.0 Å². The van der Waals surface area contributed by atoms with Gasteiger partial charge in [-0.15, -0.1) is 0 Å². The van der Waals surface area contributed by atoms with E-state index in [0.29, 0.717) is 0 Å². The molecule has 2 nitrogen and oxygen atoms in total. The van der Waals surface area contributed by atoms with Gasteiger partial charge in [-0.3, -0.25) is 0 Å². The quantitative estimate of drug-likeness (QED) is 0.883. The number of benzene rings is 2. The van der Waals surface area contributed by atoms with E-state index in [1.54, 1.807) is 0 Å². The predicted octanol–water partition coefficient (Wildman–Crippen LogP) is 4.70. The lowest BCUT2D eigenvalue weighted by Crippen LogP contribution is -2.24. The Morgan fingerprint density at radius 2 is 2.00 bits per heavy atom. The van der Waals surface area contributed by atoms with E-state index in [9.17, 15) is 0 Å². The van der Waals surface area contributed by atoms with Crippen molar-refractivity contribution in [3.8, 4) is 0 Å². The van der Waals surface area contributed by atoms with Gasteiger partial charge in [0.15, 0.2) is 0 Å². The summed E-state index contributed by atoms with van der Waals surface area (Å²) in [5.41, 5.74) is 5.06. The first kappa shape index (κ1) is 14.4. The zero-order valence-corrected chi connectivity index (χ0v) is 13.3. The van der Waals surface area contributed by atoms with Crippen molar-refractivity contribution in [2.45, 2.75) is 25.8 Å². The van der Waals surface area contributed by atoms with Crippen molar-refractivity contribution in [2.24, 2.45) is 0 Å². The van der Waals surface area contributed by atoms with Crippen LogP contribution >= 0.6 is 11.6 Å². The van der Waals surface area contributed by atoms with E-state index >= 15 is 0 Å². The van der Waals surface area contributed by atoms with E-state index in [1.807, 2.05) is 7.05 Å². The number of nitrogens with one attached hydrogen (secondary N) is 1. The van der Waals surface area contributed by atoms with Gasteiger partial charge in [0.25, 0.3) is 0 Å². The Morgan fingerprint density at radius 1 is 1.19 bits per heavy atom. The molecule has 3 rings (SSSR count). The van der Waals surface area contributed by atoms with Gasteiger partial charge in [-0.25, -0.2) is 0 Å². The van der Waals surface area contributed by atoms with Gasteiger partial charge < -0.3 is 10.2 Å². The number of aryl methyl sites for hydroxylation is 1. The number of halogens is 1. The summed E-state index contributed by atoms with van der Waals surface area (Å²) in [6, 6.07) is 15.3. The zero-order chi connectivity index (χ0) is 14.8. The fourth-order valence-corrected chi connectivity index (χ4v) is 3.33. The highest BCUT2D eigenvalue weighted by Gasteiger charge is 2.19. The van der Waals surface area contributed by atoms with Gasteiger partial charge in [0.2, 0.25) is 0 Å². The van der Waals surface area contributed by atoms with Crippen LogP contribution in [0.5, 0.6) is 0 Å². The number of fused-ring (bicyclic) bond motifs is 1. The minimum absolute atomic E-state index is 0.264. The van der Waals surface area contributed by atoms with E-state index < -0.39 is 0 Å². The Kier molecular flexibility index (Phi) is 4.18. The average Bonchev–Trinajstić information content (AvgIpc) is 2.53. The summed E-state index contributed by atoms with van der Waals surface area (Å²) in [4.78, 5) is 2.37. The summed E-state index contributed by atoms with van der Waals surface area (Å²) < 4.78 is 0. The number of para-hydroxylation sites is 1. The van der Waals surface area contributed by atoms with Gasteiger partial charge in [0.05, 0.1) is 0 Å². The van der Waals surface area contributed by atoms with Crippen LogP contribution in [0.3, 0.4) is 0 Å². The molecule has 110 valence electrons. The maximum absolute atomic E-state index is 6.48. The summed E-state index contributed by atoms with van der Waals surface area (Å²) >= 11 is 6.48. The molecule has 1 atom stereocenters. The van der Waals surface area contributed by atoms with Crippen molar-refractivity contribution in [3.05, 3.63) is 58.6 Å². The summed E-state index contributed by atoms with van der Waals surface area (Å²) in [7, 11) is 1.95. The fourth-order valence-electron chi connectivity index (χ4n) is 2.99. The van der Waals surface area contributed by atoms with Gasteiger partial charge in [-0.2, -0.15) is 0 Å². The van der Waals surface area contributed by atoms with Crippen molar-refractivity contribution >= 4 is 23.0 Å². The molecule has 1 aliphatic heterocycles. The van der Waals surface area contributed by atoms with Crippen LogP contribution in [0.2, 0.25) is 5.02 Å². The Hall–Kier alpha value is -1.51. The number of anilines is 2. The molecule has 0 aromatic heterocycles. The Morgan fingerprint density at radius 3 is 2.76 bits per heavy atom. The zero-order valence-electron chi connectivity index (χ0n) is 12.6. The summed E-state index contributed by atoms with van der Waals surface area (Å²) in [5.74, 6) is 0. The molecular weight excluding hydrogens is 280 g/mol. The monoisotopic (exact) mass is 300 g/mol. The number of hydrogen-bond donors (Lipinski definition) is 1. The van der Waals surface area contributed by atoms with Crippen LogP contribution in [0.4, 0.5) is 11.4 Å². The van der Waals surface area contributed by atoms with Crippen LogP contribution in [0.1, 0.15) is 30.5 Å². The minimum Gasteiger partial charge on any atom is -0.341 e. The first-order valence-corrected chi connectivity index (χ1v) is 7.90. The SMILES string of the molecule is CNC(C)c1ccc(N2CCCc3ccccc32)cc1Cl. The highest BCUT2D eigenvalue weighted by Crippen LogP contribution is 2.36. The first-order chi connectivity index (χ1) is 10.2. The van der Waals surface area contributed by atoms with E-state index in [1.165, 1.54) is 23.4 Å². The highest BCUT2D eigenvalue weighted by molar-refractivity contribution is 6.31. The second-order valence-corrected chi connectivity index (χ2v) is 6.01. The Bertz CT molecular complexity index is 639. The molecule has 1 heterocycles. The second-order valence-electron chi connectivity index (χ2n) is 5.60. The van der Waals surface area contributed by atoms with Crippen LogP contribution in [0, 0.1) is 0 Å². The standard InChI is InChI=1S/C18H21ClN2/c1-13(20-2)16-10-9-15(12-17(16)19)21-11-5-7-14-6-3-4-8-18(14)21/h3-4,6,8-10,12-13,20H,5,7,11H2,1-2H3. The van der Waals surface area contributed by atoms with E-state index in [-0.39, 0.29) is 6.04 Å². The molecule has 1 aliphatic rings. The topological polar surface area (TPSA) is 15.3 Å². The van der Waals surface area contributed by atoms with Crippen LogP contribution < -0.4 is 10.2 Å². The largest absolute Gasteiger partial charge is 0.341 e. The number of nitrogens with zero attached hydrogens (tertiary/aromatic N) is 1. The molecule has 0 saturated heterocycles. The third-order valence-corrected chi connectivity index (χ3v) is 4.63. The fraction of sp³-hybridized carbons (Fsp3) is 0.333. The molecule has 2 aromatic rings. The normalized spacial score (nSPS) is 15.7. The average molecular weight is 301 g/mol. The predicted molar refractivity (Wildman–Crippen MR) is 90.7 cm³/mol. The molecule has 0 amide bonds. The van der Waals surface area contributed by atoms with Gasteiger partial charge in [-0.1, -0.05) is 35.9 Å². The van der Waals surface area contributed by atoms with E-state index in [4.69, 9.17) is 11.6 Å². The van der Waals surface area contributed by atoms with Crippen LogP contribution in [-0.2, 0) is 6.42 Å². The van der Waals surface area contributed by atoms with Crippen molar-refractivity contribution in [3.63, 3.8) is 0 Å². The maximum Gasteiger partial charge on any atom is 0.0474 e. The molecule has 3 heteroatoms. The Balaban J connectivity index is 1.97. The maximum atomic E-state index is 6.48. The van der Waals surface area contributed by atoms with Crippen molar-refractivity contribution < 1.29 is 0 Å². The molecule has 0 fully saturated rings. The van der Waals surface area contributed by atoms with Gasteiger partial charge in [0.1, 0.15) is 0 Å². The molecule has 0 aliphatic carbocycles. The lowest BCUT2D eigenvalue weighted by Gasteiger charge is -2.31. The summed E-state index contributed by atoms with van der Waals surface area (Å²) in [6.07, 6.45) is 2.35. The van der Waals surface area contributed by atoms with Crippen molar-refractivity contribution in [1.82, 2.24) is 5.32 Å². The number of rotatable bonds is 3. The van der Waals surface area contributed by atoms with E-state index in [2.05, 4.69) is 59.6 Å². The molecule has 0 saturated carbocycles. The summed E-state index contributed by atoms with van der Waals surface area (Å²) in [6.45, 7) is 3.17. The molecular formula is C18H21ClN2. The minimum atomic E-state index is 0.264. The lowest BCUT2D eigenvalue weighted by atomic mass is 10.0.